The Morgan fingerprint density at radius 2 is 1.34 bits per heavy atom. The van der Waals surface area contributed by atoms with Crippen molar-refractivity contribution in [1.29, 1.82) is 0 Å². The number of aliphatic carboxylic acids is 2. The van der Waals surface area contributed by atoms with Crippen LogP contribution in [0.2, 0.25) is 0 Å². The number of hydrogen-bond acceptors (Lipinski definition) is 7. The van der Waals surface area contributed by atoms with Crippen molar-refractivity contribution in [3.8, 4) is 0 Å². The minimum atomic E-state index is -2.04. The van der Waals surface area contributed by atoms with Crippen molar-refractivity contribution < 1.29 is 34.1 Å². The lowest BCUT2D eigenvalue weighted by Gasteiger charge is -2.29. The number of carbonyl (C=O) groups excluding carboxylic acids is 2. The summed E-state index contributed by atoms with van der Waals surface area (Å²) in [5.74, 6) is -4.76. The van der Waals surface area contributed by atoms with Gasteiger partial charge in [-0.15, -0.1) is 0 Å². The molecule has 9 heteroatoms. The molecule has 0 aromatic rings. The number of unbranched alkanes of at least 4 members (excludes halogenated alkanes) is 8. The summed E-state index contributed by atoms with van der Waals surface area (Å²) in [5.41, 5.74) is 3.33. The van der Waals surface area contributed by atoms with Gasteiger partial charge in [0, 0.05) is 19.5 Å². The topological polar surface area (TPSA) is 156 Å². The predicted octanol–water partition coefficient (Wildman–Crippen LogP) is 2.21. The standard InChI is InChI=1S/C20H36N2O7/c1-2-3-4-5-6-7-8-9-10-11-18(27)29-19(28)20(14-16(23)24,15-17(25)26)22-13-12-21/h22H,2-15,21H2,1H3,(H,23,24)(H,25,26). The van der Waals surface area contributed by atoms with Crippen LogP contribution in [0.3, 0.4) is 0 Å². The Bertz CT molecular complexity index is 507. The normalized spacial score (nSPS) is 11.2. The molecule has 0 aliphatic carbocycles. The van der Waals surface area contributed by atoms with Crippen molar-refractivity contribution in [1.82, 2.24) is 5.32 Å². The monoisotopic (exact) mass is 416 g/mol. The van der Waals surface area contributed by atoms with Gasteiger partial charge in [0.1, 0.15) is 5.54 Å². The molecule has 0 atom stereocenters. The maximum Gasteiger partial charge on any atom is 0.335 e. The van der Waals surface area contributed by atoms with Crippen LogP contribution in [0.15, 0.2) is 0 Å². The quantitative estimate of drug-likeness (QED) is 0.149. The summed E-state index contributed by atoms with van der Waals surface area (Å²) < 4.78 is 4.78. The molecule has 0 saturated heterocycles. The highest BCUT2D eigenvalue weighted by atomic mass is 16.6. The molecular formula is C20H36N2O7. The average molecular weight is 417 g/mol. The molecule has 0 aromatic heterocycles. The maximum absolute atomic E-state index is 12.4. The highest BCUT2D eigenvalue weighted by molar-refractivity contribution is 5.96. The van der Waals surface area contributed by atoms with Gasteiger partial charge in [0.2, 0.25) is 0 Å². The number of carbonyl (C=O) groups is 4. The van der Waals surface area contributed by atoms with Gasteiger partial charge in [-0.05, 0) is 6.42 Å². The minimum absolute atomic E-state index is 0.00209. The van der Waals surface area contributed by atoms with Crippen LogP contribution in [-0.2, 0) is 23.9 Å². The lowest BCUT2D eigenvalue weighted by molar-refractivity contribution is -0.169. The fraction of sp³-hybridized carbons (Fsp3) is 0.800. The molecule has 0 fully saturated rings. The van der Waals surface area contributed by atoms with Crippen molar-refractivity contribution in [2.75, 3.05) is 13.1 Å². The number of carboxylic acid groups (broad SMARTS) is 2. The van der Waals surface area contributed by atoms with E-state index < -0.39 is 42.3 Å². The Morgan fingerprint density at radius 1 is 0.862 bits per heavy atom. The van der Waals surface area contributed by atoms with E-state index in [1.54, 1.807) is 0 Å². The molecule has 5 N–H and O–H groups in total. The summed E-state index contributed by atoms with van der Waals surface area (Å²) in [5, 5.41) is 20.7. The van der Waals surface area contributed by atoms with Crippen molar-refractivity contribution >= 4 is 23.9 Å². The van der Waals surface area contributed by atoms with Gasteiger partial charge in [0.05, 0.1) is 12.8 Å². The third-order valence-corrected chi connectivity index (χ3v) is 4.60. The van der Waals surface area contributed by atoms with Gasteiger partial charge < -0.3 is 20.7 Å². The third kappa shape index (κ3) is 13.0. The second kappa shape index (κ2) is 15.9. The number of rotatable bonds is 18. The largest absolute Gasteiger partial charge is 0.481 e. The first-order valence-corrected chi connectivity index (χ1v) is 10.4. The van der Waals surface area contributed by atoms with Crippen LogP contribution in [0.4, 0.5) is 0 Å². The summed E-state index contributed by atoms with van der Waals surface area (Å²) >= 11 is 0. The first kappa shape index (κ1) is 27.0. The molecule has 0 aliphatic heterocycles. The number of nitrogens with one attached hydrogen (secondary N) is 1. The van der Waals surface area contributed by atoms with Crippen LogP contribution < -0.4 is 11.1 Å². The first-order valence-electron chi connectivity index (χ1n) is 10.4. The van der Waals surface area contributed by atoms with E-state index in [0.717, 1.165) is 19.3 Å². The van der Waals surface area contributed by atoms with Gasteiger partial charge in [-0.3, -0.25) is 19.7 Å². The second-order valence-electron chi connectivity index (χ2n) is 7.28. The van der Waals surface area contributed by atoms with Crippen LogP contribution in [0, 0.1) is 0 Å². The Hall–Kier alpha value is -2.00. The molecule has 0 rings (SSSR count). The molecule has 29 heavy (non-hydrogen) atoms. The van der Waals surface area contributed by atoms with Crippen molar-refractivity contribution in [2.24, 2.45) is 5.73 Å². The van der Waals surface area contributed by atoms with E-state index >= 15 is 0 Å². The molecule has 0 aliphatic rings. The zero-order valence-electron chi connectivity index (χ0n) is 17.4. The lowest BCUT2D eigenvalue weighted by Crippen LogP contribution is -2.57. The van der Waals surface area contributed by atoms with E-state index in [1.807, 2.05) is 0 Å². The number of carboxylic acids is 2. The van der Waals surface area contributed by atoms with Crippen LogP contribution in [0.5, 0.6) is 0 Å². The Morgan fingerprint density at radius 3 is 1.79 bits per heavy atom. The van der Waals surface area contributed by atoms with Gasteiger partial charge in [-0.1, -0.05) is 58.3 Å². The highest BCUT2D eigenvalue weighted by Crippen LogP contribution is 2.19. The molecule has 0 radical (unpaired) electrons. The minimum Gasteiger partial charge on any atom is -0.481 e. The van der Waals surface area contributed by atoms with Crippen molar-refractivity contribution in [3.05, 3.63) is 0 Å². The van der Waals surface area contributed by atoms with Crippen molar-refractivity contribution in [3.63, 3.8) is 0 Å². The van der Waals surface area contributed by atoms with E-state index in [1.165, 1.54) is 32.1 Å². The Labute approximate surface area is 172 Å². The molecule has 0 amide bonds. The highest BCUT2D eigenvalue weighted by Gasteiger charge is 2.44. The maximum atomic E-state index is 12.4. The van der Waals surface area contributed by atoms with Gasteiger partial charge in [-0.25, -0.2) is 4.79 Å². The molecule has 0 aromatic carbocycles. The van der Waals surface area contributed by atoms with Crippen LogP contribution in [0.25, 0.3) is 0 Å². The Balaban J connectivity index is 4.49. The summed E-state index contributed by atoms with van der Waals surface area (Å²) in [6, 6.07) is 0. The molecule has 0 heterocycles. The third-order valence-electron chi connectivity index (χ3n) is 4.60. The fourth-order valence-corrected chi connectivity index (χ4v) is 3.06. The lowest BCUT2D eigenvalue weighted by atomic mass is 9.91. The van der Waals surface area contributed by atoms with Gasteiger partial charge in [-0.2, -0.15) is 0 Å². The van der Waals surface area contributed by atoms with E-state index in [-0.39, 0.29) is 19.5 Å². The summed E-state index contributed by atoms with van der Waals surface area (Å²) in [6.45, 7) is 2.23. The number of hydrogen-bond donors (Lipinski definition) is 4. The number of nitrogens with two attached hydrogens (primary N) is 1. The second-order valence-corrected chi connectivity index (χ2v) is 7.28. The number of ether oxygens (including phenoxy) is 1. The molecular weight excluding hydrogens is 380 g/mol. The van der Waals surface area contributed by atoms with Crippen LogP contribution >= 0.6 is 0 Å². The van der Waals surface area contributed by atoms with E-state index in [2.05, 4.69) is 12.2 Å². The summed E-state index contributed by atoms with van der Waals surface area (Å²) in [6.07, 6.45) is 7.94. The zero-order valence-corrected chi connectivity index (χ0v) is 17.4. The average Bonchev–Trinajstić information content (AvgIpc) is 2.63. The van der Waals surface area contributed by atoms with Gasteiger partial charge >= 0.3 is 23.9 Å². The van der Waals surface area contributed by atoms with Gasteiger partial charge in [0.25, 0.3) is 0 Å². The molecule has 0 bridgehead atoms. The predicted molar refractivity (Wildman–Crippen MR) is 107 cm³/mol. The van der Waals surface area contributed by atoms with Crippen LogP contribution in [-0.4, -0.2) is 52.7 Å². The molecule has 9 nitrogen and oxygen atoms in total. The van der Waals surface area contributed by atoms with E-state index in [9.17, 15) is 19.2 Å². The molecule has 168 valence electrons. The Kier molecular flexibility index (Phi) is 14.8. The SMILES string of the molecule is CCCCCCCCCCCC(=O)OC(=O)C(CC(=O)O)(CC(=O)O)NCCN. The zero-order chi connectivity index (χ0) is 22.1. The summed E-state index contributed by atoms with van der Waals surface area (Å²) in [4.78, 5) is 46.7. The first-order chi connectivity index (χ1) is 13.8. The van der Waals surface area contributed by atoms with E-state index in [0.29, 0.717) is 6.42 Å². The fourth-order valence-electron chi connectivity index (χ4n) is 3.06. The van der Waals surface area contributed by atoms with Crippen molar-refractivity contribution in [2.45, 2.75) is 89.5 Å². The number of esters is 2. The van der Waals surface area contributed by atoms with Gasteiger partial charge in [0.15, 0.2) is 0 Å². The smallest absolute Gasteiger partial charge is 0.335 e. The van der Waals surface area contributed by atoms with Crippen LogP contribution in [0.1, 0.15) is 84.0 Å². The molecule has 0 saturated carbocycles. The van der Waals surface area contributed by atoms with E-state index in [4.69, 9.17) is 20.7 Å². The molecule has 0 unspecified atom stereocenters. The summed E-state index contributed by atoms with van der Waals surface area (Å²) in [7, 11) is 0. The molecule has 0 spiro atoms.